The van der Waals surface area contributed by atoms with E-state index >= 15 is 4.39 Å². The van der Waals surface area contributed by atoms with Crippen molar-refractivity contribution in [3.05, 3.63) is 65.1 Å². The summed E-state index contributed by atoms with van der Waals surface area (Å²) in [6.07, 6.45) is 5.29. The fourth-order valence-electron chi connectivity index (χ4n) is 5.60. The van der Waals surface area contributed by atoms with E-state index < -0.39 is 21.3 Å². The summed E-state index contributed by atoms with van der Waals surface area (Å²) in [7, 11) is -3.80. The number of para-hydroxylation sites is 1. The highest BCUT2D eigenvalue weighted by atomic mass is 32.2. The van der Waals surface area contributed by atoms with Gasteiger partial charge in [-0.3, -0.25) is 4.79 Å². The molecule has 1 aliphatic heterocycles. The first-order chi connectivity index (χ1) is 20.0. The minimum absolute atomic E-state index is 0.00996. The van der Waals surface area contributed by atoms with Crippen LogP contribution in [0.15, 0.2) is 52.9 Å². The third-order valence-corrected chi connectivity index (χ3v) is 8.89. The van der Waals surface area contributed by atoms with Crippen molar-refractivity contribution in [2.24, 2.45) is 0 Å². The number of fused-ring (bicyclic) bond motifs is 1. The molecule has 1 aromatic carbocycles. The standard InChI is InChI=1S/C28H29FN8O4S/c1-4-21(38)35-10-11-36(15(2)13-35)26-18-12-19(29)22(23-25(30)32-14-31-23)33-27(18)37(28(39)34-26)24-17(16-8-9-16)6-5-7-20(24)42(3,40)41/h4-7,12,14-16H,1,8-11,13,30H2,2-3H3,(H,31,32)/t15-/m0/s1. The van der Waals surface area contributed by atoms with Gasteiger partial charge in [-0.25, -0.2) is 32.1 Å². The lowest BCUT2D eigenvalue weighted by molar-refractivity contribution is -0.126. The second-order valence-electron chi connectivity index (χ2n) is 10.7. The fraction of sp³-hybridized carbons (Fsp3) is 0.321. The van der Waals surface area contributed by atoms with E-state index in [4.69, 9.17) is 5.73 Å². The first kappa shape index (κ1) is 27.6. The van der Waals surface area contributed by atoms with Crippen LogP contribution in [0.3, 0.4) is 0 Å². The molecule has 4 heterocycles. The number of aromatic amines is 1. The number of benzene rings is 1. The number of carbonyl (C=O) groups excluding carboxylic acids is 1. The molecule has 3 aromatic heterocycles. The number of nitrogen functional groups attached to an aromatic ring is 1. The van der Waals surface area contributed by atoms with E-state index in [9.17, 15) is 18.0 Å². The highest BCUT2D eigenvalue weighted by Gasteiger charge is 2.34. The predicted octanol–water partition coefficient (Wildman–Crippen LogP) is 2.40. The molecule has 1 atom stereocenters. The van der Waals surface area contributed by atoms with Gasteiger partial charge in [0.05, 0.1) is 22.3 Å². The molecule has 4 aromatic rings. The summed E-state index contributed by atoms with van der Waals surface area (Å²) in [4.78, 5) is 45.4. The number of aromatic nitrogens is 5. The number of H-pyrrole nitrogens is 1. The number of imidazole rings is 1. The van der Waals surface area contributed by atoms with E-state index in [0.29, 0.717) is 25.2 Å². The number of carbonyl (C=O) groups is 1. The van der Waals surface area contributed by atoms with Crippen LogP contribution in [0.4, 0.5) is 16.0 Å². The number of hydrogen-bond acceptors (Lipinski definition) is 9. The number of nitrogens with one attached hydrogen (secondary N) is 1. The number of amides is 1. The van der Waals surface area contributed by atoms with Gasteiger partial charge in [-0.2, -0.15) is 4.98 Å². The molecule has 0 spiro atoms. The van der Waals surface area contributed by atoms with Crippen LogP contribution >= 0.6 is 0 Å². The number of halogens is 1. The predicted molar refractivity (Wildman–Crippen MR) is 156 cm³/mol. The Kier molecular flexibility index (Phi) is 6.60. The highest BCUT2D eigenvalue weighted by molar-refractivity contribution is 7.90. The molecular formula is C28H29FN8O4S. The molecule has 1 saturated carbocycles. The molecule has 2 aliphatic rings. The topological polar surface area (TPSA) is 160 Å². The van der Waals surface area contributed by atoms with E-state index in [2.05, 4.69) is 26.5 Å². The first-order valence-electron chi connectivity index (χ1n) is 13.4. The van der Waals surface area contributed by atoms with E-state index in [-0.39, 0.29) is 62.5 Å². The first-order valence-corrected chi connectivity index (χ1v) is 15.3. The summed E-state index contributed by atoms with van der Waals surface area (Å²) in [6, 6.07) is 5.83. The van der Waals surface area contributed by atoms with Crippen molar-refractivity contribution in [3.63, 3.8) is 0 Å². The number of nitrogens with two attached hydrogens (primary N) is 1. The number of anilines is 2. The Bertz CT molecular complexity index is 1930. The van der Waals surface area contributed by atoms with Crippen LogP contribution in [-0.4, -0.2) is 75.7 Å². The van der Waals surface area contributed by atoms with Gasteiger partial charge in [0.1, 0.15) is 17.2 Å². The normalized spacial score (nSPS) is 17.5. The van der Waals surface area contributed by atoms with Crippen LogP contribution in [0.5, 0.6) is 0 Å². The minimum Gasteiger partial charge on any atom is -0.382 e. The van der Waals surface area contributed by atoms with Gasteiger partial charge in [0.2, 0.25) is 5.91 Å². The number of hydrogen-bond donors (Lipinski definition) is 2. The Hall–Kier alpha value is -4.59. The molecule has 0 radical (unpaired) electrons. The van der Waals surface area contributed by atoms with Gasteiger partial charge in [0.25, 0.3) is 0 Å². The van der Waals surface area contributed by atoms with Gasteiger partial charge in [0, 0.05) is 31.9 Å². The second-order valence-corrected chi connectivity index (χ2v) is 12.7. The molecule has 14 heteroatoms. The van der Waals surface area contributed by atoms with Crippen LogP contribution in [0.2, 0.25) is 0 Å². The van der Waals surface area contributed by atoms with Crippen LogP contribution in [-0.2, 0) is 14.6 Å². The van der Waals surface area contributed by atoms with Crippen LogP contribution < -0.4 is 16.3 Å². The van der Waals surface area contributed by atoms with Crippen molar-refractivity contribution >= 4 is 38.4 Å². The average Bonchev–Trinajstić information content (AvgIpc) is 3.71. The molecule has 0 unspecified atom stereocenters. The molecule has 2 fully saturated rings. The molecule has 12 nitrogen and oxygen atoms in total. The summed E-state index contributed by atoms with van der Waals surface area (Å²) in [5.41, 5.74) is 6.00. The summed E-state index contributed by atoms with van der Waals surface area (Å²) in [5.74, 6) is -0.699. The maximum absolute atomic E-state index is 15.8. The zero-order chi connectivity index (χ0) is 29.9. The number of sulfone groups is 1. The smallest absolute Gasteiger partial charge is 0.355 e. The number of pyridine rings is 1. The van der Waals surface area contributed by atoms with Crippen molar-refractivity contribution in [2.45, 2.75) is 36.6 Å². The molecule has 0 bridgehead atoms. The Balaban J connectivity index is 1.66. The van der Waals surface area contributed by atoms with E-state index in [1.165, 1.54) is 29.1 Å². The molecule has 1 amide bonds. The SMILES string of the molecule is C=CC(=O)N1CCN(c2nc(=O)n(-c3c(C4CC4)cccc3S(C)(=O)=O)c3nc(-c4[nH]cnc4N)c(F)cc23)[C@@H](C)C1. The Labute approximate surface area is 240 Å². The zero-order valence-electron chi connectivity index (χ0n) is 23.0. The second kappa shape index (κ2) is 10.0. The van der Waals surface area contributed by atoms with Crippen molar-refractivity contribution in [3.8, 4) is 17.1 Å². The molecule has 1 aliphatic carbocycles. The lowest BCUT2D eigenvalue weighted by Crippen LogP contribution is -2.54. The lowest BCUT2D eigenvalue weighted by atomic mass is 10.1. The third-order valence-electron chi connectivity index (χ3n) is 7.76. The number of nitrogens with zero attached hydrogens (tertiary/aromatic N) is 6. The van der Waals surface area contributed by atoms with Gasteiger partial charge in [-0.1, -0.05) is 18.7 Å². The maximum atomic E-state index is 15.8. The van der Waals surface area contributed by atoms with Crippen LogP contribution in [0.25, 0.3) is 28.1 Å². The Morgan fingerprint density at radius 2 is 2.00 bits per heavy atom. The summed E-state index contributed by atoms with van der Waals surface area (Å²) in [6.45, 7) is 6.41. The van der Waals surface area contributed by atoms with Crippen molar-refractivity contribution in [2.75, 3.05) is 36.5 Å². The van der Waals surface area contributed by atoms with Gasteiger partial charge in [-0.15, -0.1) is 0 Å². The Morgan fingerprint density at radius 1 is 1.24 bits per heavy atom. The molecule has 3 N–H and O–H groups in total. The summed E-state index contributed by atoms with van der Waals surface area (Å²) in [5, 5.41) is 0.203. The fourth-order valence-corrected chi connectivity index (χ4v) is 6.49. The minimum atomic E-state index is -3.80. The summed E-state index contributed by atoms with van der Waals surface area (Å²) >= 11 is 0. The van der Waals surface area contributed by atoms with Gasteiger partial charge in [0.15, 0.2) is 27.1 Å². The van der Waals surface area contributed by atoms with Gasteiger partial charge >= 0.3 is 5.69 Å². The van der Waals surface area contributed by atoms with Gasteiger partial charge in [-0.05, 0) is 49.5 Å². The molecule has 218 valence electrons. The molecule has 42 heavy (non-hydrogen) atoms. The Morgan fingerprint density at radius 3 is 2.62 bits per heavy atom. The highest BCUT2D eigenvalue weighted by Crippen LogP contribution is 2.45. The quantitative estimate of drug-likeness (QED) is 0.321. The third kappa shape index (κ3) is 4.61. The number of piperazine rings is 1. The monoisotopic (exact) mass is 592 g/mol. The maximum Gasteiger partial charge on any atom is 0.355 e. The van der Waals surface area contributed by atoms with Crippen LogP contribution in [0, 0.1) is 5.82 Å². The van der Waals surface area contributed by atoms with Crippen molar-refractivity contribution < 1.29 is 17.6 Å². The van der Waals surface area contributed by atoms with Crippen molar-refractivity contribution in [1.82, 2.24) is 29.4 Å². The van der Waals surface area contributed by atoms with E-state index in [1.807, 2.05) is 11.8 Å². The van der Waals surface area contributed by atoms with E-state index in [0.717, 1.165) is 19.1 Å². The summed E-state index contributed by atoms with van der Waals surface area (Å²) < 4.78 is 42.9. The van der Waals surface area contributed by atoms with Gasteiger partial charge < -0.3 is 20.5 Å². The van der Waals surface area contributed by atoms with Crippen LogP contribution in [0.1, 0.15) is 31.2 Å². The largest absolute Gasteiger partial charge is 0.382 e. The van der Waals surface area contributed by atoms with Crippen molar-refractivity contribution in [1.29, 1.82) is 0 Å². The van der Waals surface area contributed by atoms with E-state index in [1.54, 1.807) is 17.0 Å². The molecule has 1 saturated heterocycles. The zero-order valence-corrected chi connectivity index (χ0v) is 23.9. The molecular weight excluding hydrogens is 563 g/mol. The average molecular weight is 593 g/mol. The molecule has 6 rings (SSSR count). The lowest BCUT2D eigenvalue weighted by Gasteiger charge is -2.40. The number of rotatable bonds is 6.